The minimum Gasteiger partial charge on any atom is -0.433 e. The molecule has 0 bridgehead atoms. The van der Waals surface area contributed by atoms with Crippen LogP contribution in [0, 0.1) is 0 Å². The van der Waals surface area contributed by atoms with E-state index in [0.29, 0.717) is 11.5 Å². The van der Waals surface area contributed by atoms with Gasteiger partial charge in [0.05, 0.1) is 23.7 Å². The van der Waals surface area contributed by atoms with Gasteiger partial charge in [-0.2, -0.15) is 8.78 Å². The van der Waals surface area contributed by atoms with Gasteiger partial charge in [-0.25, -0.2) is 9.97 Å². The van der Waals surface area contributed by atoms with Gasteiger partial charge >= 0.3 is 6.61 Å². The molecule has 0 radical (unpaired) electrons. The zero-order valence-electron chi connectivity index (χ0n) is 15.9. The predicted molar refractivity (Wildman–Crippen MR) is 106 cm³/mol. The number of nitrogens with zero attached hydrogens (tertiary/aromatic N) is 4. The van der Waals surface area contributed by atoms with Crippen molar-refractivity contribution in [2.45, 2.75) is 32.3 Å². The fraction of sp³-hybridized carbons (Fsp3) is 0.333. The third-order valence-electron chi connectivity index (χ3n) is 5.14. The number of rotatable bonds is 5. The second-order valence-corrected chi connectivity index (χ2v) is 6.98. The molecule has 0 spiro atoms. The fourth-order valence-corrected chi connectivity index (χ4v) is 3.61. The molecule has 0 fully saturated rings. The first-order chi connectivity index (χ1) is 13.5. The maximum Gasteiger partial charge on any atom is 0.387 e. The molecule has 3 aromatic rings. The minimum absolute atomic E-state index is 0.147. The molecule has 0 saturated carbocycles. The van der Waals surface area contributed by atoms with Crippen molar-refractivity contribution in [3.8, 4) is 5.75 Å². The Balaban J connectivity index is 1.73. The standard InChI is InChI=1S/C21H22F2N4O/c1-26-13-25-16-12-24-20(11-18(16)26)27(2)17-9-8-15(10-19(17)28-21(22)23)14-6-4-3-5-7-14/h6,8-13,21H,3-5,7H2,1-2H3. The number of hydrogen-bond donors (Lipinski definition) is 0. The van der Waals surface area contributed by atoms with E-state index in [0.717, 1.165) is 35.9 Å². The first kappa shape index (κ1) is 18.4. The Hall–Kier alpha value is -2.96. The number of halogens is 2. The second kappa shape index (κ2) is 7.58. The van der Waals surface area contributed by atoms with Gasteiger partial charge in [0.25, 0.3) is 0 Å². The number of aromatic nitrogens is 3. The molecule has 0 amide bonds. The summed E-state index contributed by atoms with van der Waals surface area (Å²) in [6, 6.07) is 7.37. The van der Waals surface area contributed by atoms with E-state index < -0.39 is 6.61 Å². The topological polar surface area (TPSA) is 43.2 Å². The normalized spacial score (nSPS) is 14.4. The second-order valence-electron chi connectivity index (χ2n) is 6.98. The molecule has 7 heteroatoms. The summed E-state index contributed by atoms with van der Waals surface area (Å²) in [6.45, 7) is -2.89. The lowest BCUT2D eigenvalue weighted by molar-refractivity contribution is -0.0494. The smallest absolute Gasteiger partial charge is 0.387 e. The molecular weight excluding hydrogens is 362 g/mol. The van der Waals surface area contributed by atoms with Crippen molar-refractivity contribution >= 4 is 28.1 Å². The molecule has 5 nitrogen and oxygen atoms in total. The average Bonchev–Trinajstić information content (AvgIpc) is 3.08. The Labute approximate surface area is 162 Å². The third-order valence-corrected chi connectivity index (χ3v) is 5.14. The van der Waals surface area contributed by atoms with Crippen LogP contribution in [0.15, 0.2) is 42.9 Å². The first-order valence-electron chi connectivity index (χ1n) is 9.32. The first-order valence-corrected chi connectivity index (χ1v) is 9.32. The zero-order chi connectivity index (χ0) is 19.7. The number of anilines is 2. The van der Waals surface area contributed by atoms with Crippen molar-refractivity contribution in [2.75, 3.05) is 11.9 Å². The van der Waals surface area contributed by atoms with Crippen LogP contribution in [0.5, 0.6) is 5.75 Å². The number of allylic oxidation sites excluding steroid dienone is 2. The van der Waals surface area contributed by atoms with Gasteiger partial charge in [-0.3, -0.25) is 0 Å². The number of pyridine rings is 1. The molecule has 1 aromatic carbocycles. The highest BCUT2D eigenvalue weighted by Crippen LogP contribution is 2.37. The summed E-state index contributed by atoms with van der Waals surface area (Å²) in [6.07, 6.45) is 9.86. The lowest BCUT2D eigenvalue weighted by Crippen LogP contribution is -2.14. The van der Waals surface area contributed by atoms with Crippen LogP contribution >= 0.6 is 0 Å². The summed E-state index contributed by atoms with van der Waals surface area (Å²) in [5.74, 6) is 0.772. The zero-order valence-corrected chi connectivity index (χ0v) is 15.9. The number of fused-ring (bicyclic) bond motifs is 1. The highest BCUT2D eigenvalue weighted by Gasteiger charge is 2.18. The summed E-state index contributed by atoms with van der Waals surface area (Å²) < 4.78 is 32.9. The summed E-state index contributed by atoms with van der Waals surface area (Å²) >= 11 is 0. The SMILES string of the molecule is CN(c1cc2c(cn1)ncn2C)c1ccc(C2=CCCCC2)cc1OC(F)F. The van der Waals surface area contributed by atoms with Crippen LogP contribution in [-0.2, 0) is 7.05 Å². The average molecular weight is 384 g/mol. The van der Waals surface area contributed by atoms with Gasteiger partial charge in [0.15, 0.2) is 0 Å². The van der Waals surface area contributed by atoms with Crippen LogP contribution in [0.3, 0.4) is 0 Å². The molecule has 2 aromatic heterocycles. The van der Waals surface area contributed by atoms with Gasteiger partial charge < -0.3 is 14.2 Å². The van der Waals surface area contributed by atoms with E-state index in [-0.39, 0.29) is 5.75 Å². The molecule has 4 rings (SSSR count). The van der Waals surface area contributed by atoms with Crippen molar-refractivity contribution in [1.82, 2.24) is 14.5 Å². The van der Waals surface area contributed by atoms with E-state index in [2.05, 4.69) is 16.0 Å². The van der Waals surface area contributed by atoms with Crippen molar-refractivity contribution < 1.29 is 13.5 Å². The summed E-state index contributed by atoms with van der Waals surface area (Å²) in [7, 11) is 3.69. The molecule has 0 unspecified atom stereocenters. The molecule has 0 atom stereocenters. The number of benzene rings is 1. The third kappa shape index (κ3) is 3.56. The largest absolute Gasteiger partial charge is 0.433 e. The van der Waals surface area contributed by atoms with E-state index in [1.807, 2.05) is 29.8 Å². The molecule has 0 aliphatic heterocycles. The Morgan fingerprint density at radius 3 is 2.79 bits per heavy atom. The van der Waals surface area contributed by atoms with Crippen molar-refractivity contribution in [1.29, 1.82) is 0 Å². The Morgan fingerprint density at radius 2 is 2.04 bits per heavy atom. The number of alkyl halides is 2. The lowest BCUT2D eigenvalue weighted by atomic mass is 9.93. The number of hydrogen-bond acceptors (Lipinski definition) is 4. The van der Waals surface area contributed by atoms with Gasteiger partial charge in [0.2, 0.25) is 0 Å². The highest BCUT2D eigenvalue weighted by atomic mass is 19.3. The van der Waals surface area contributed by atoms with E-state index in [4.69, 9.17) is 4.74 Å². The summed E-state index contributed by atoms with van der Waals surface area (Å²) in [5, 5.41) is 0. The van der Waals surface area contributed by atoms with Crippen molar-refractivity contribution in [3.63, 3.8) is 0 Å². The number of aryl methyl sites for hydroxylation is 1. The van der Waals surface area contributed by atoms with Gasteiger partial charge in [-0.1, -0.05) is 12.1 Å². The summed E-state index contributed by atoms with van der Waals surface area (Å²) in [4.78, 5) is 10.4. The van der Waals surface area contributed by atoms with Crippen LogP contribution in [0.4, 0.5) is 20.3 Å². The van der Waals surface area contributed by atoms with Crippen LogP contribution in [0.1, 0.15) is 31.2 Å². The Morgan fingerprint density at radius 1 is 1.18 bits per heavy atom. The maximum atomic E-state index is 13.1. The molecular formula is C21H22F2N4O. The van der Waals surface area contributed by atoms with Crippen LogP contribution in [-0.4, -0.2) is 28.2 Å². The van der Waals surface area contributed by atoms with Crippen LogP contribution < -0.4 is 9.64 Å². The monoisotopic (exact) mass is 384 g/mol. The van der Waals surface area contributed by atoms with E-state index >= 15 is 0 Å². The molecule has 146 valence electrons. The number of imidazole rings is 1. The maximum absolute atomic E-state index is 13.1. The van der Waals surface area contributed by atoms with E-state index in [1.54, 1.807) is 30.5 Å². The number of ether oxygens (including phenoxy) is 1. The van der Waals surface area contributed by atoms with Crippen LogP contribution in [0.25, 0.3) is 16.6 Å². The molecule has 28 heavy (non-hydrogen) atoms. The predicted octanol–water partition coefficient (Wildman–Crippen LogP) is 5.30. The summed E-state index contributed by atoms with van der Waals surface area (Å²) in [5.41, 5.74) is 4.35. The fourth-order valence-electron chi connectivity index (χ4n) is 3.61. The van der Waals surface area contributed by atoms with Gasteiger partial charge in [-0.15, -0.1) is 0 Å². The highest BCUT2D eigenvalue weighted by molar-refractivity contribution is 5.80. The van der Waals surface area contributed by atoms with Gasteiger partial charge in [0.1, 0.15) is 17.1 Å². The molecule has 0 N–H and O–H groups in total. The Bertz CT molecular complexity index is 1030. The minimum atomic E-state index is -2.89. The van der Waals surface area contributed by atoms with Gasteiger partial charge in [-0.05, 0) is 49.0 Å². The quantitative estimate of drug-likeness (QED) is 0.599. The van der Waals surface area contributed by atoms with Gasteiger partial charge in [0, 0.05) is 20.2 Å². The van der Waals surface area contributed by atoms with Crippen molar-refractivity contribution in [3.05, 3.63) is 48.4 Å². The molecule has 1 aliphatic rings. The van der Waals surface area contributed by atoms with E-state index in [9.17, 15) is 8.78 Å². The van der Waals surface area contributed by atoms with E-state index in [1.165, 1.54) is 12.0 Å². The molecule has 1 aliphatic carbocycles. The molecule has 0 saturated heterocycles. The molecule has 2 heterocycles. The lowest BCUT2D eigenvalue weighted by Gasteiger charge is -2.23. The Kier molecular flexibility index (Phi) is 4.98. The van der Waals surface area contributed by atoms with Crippen LogP contribution in [0.2, 0.25) is 0 Å². The van der Waals surface area contributed by atoms with Crippen molar-refractivity contribution in [2.24, 2.45) is 7.05 Å².